The van der Waals surface area contributed by atoms with E-state index in [-0.39, 0.29) is 46.6 Å². The third-order valence-corrected chi connectivity index (χ3v) is 5.89. The van der Waals surface area contributed by atoms with Gasteiger partial charge in [0.25, 0.3) is 17.1 Å². The van der Waals surface area contributed by atoms with Crippen molar-refractivity contribution in [3.63, 3.8) is 0 Å². The zero-order valence-corrected chi connectivity index (χ0v) is 20.6. The Morgan fingerprint density at radius 1 is 1.18 bits per heavy atom. The van der Waals surface area contributed by atoms with Crippen molar-refractivity contribution in [2.75, 3.05) is 38.8 Å². The first-order chi connectivity index (χ1) is 16.3. The van der Waals surface area contributed by atoms with Crippen LogP contribution in [0.2, 0.25) is 5.02 Å². The molecule has 3 rings (SSSR count). The molecule has 34 heavy (non-hydrogen) atoms. The van der Waals surface area contributed by atoms with Gasteiger partial charge in [-0.15, -0.1) is 0 Å². The van der Waals surface area contributed by atoms with Gasteiger partial charge in [0.05, 0.1) is 29.7 Å². The molecule has 0 aliphatic carbocycles. The minimum atomic E-state index is -0.394. The summed E-state index contributed by atoms with van der Waals surface area (Å²) in [5.74, 6) is -0.207. The van der Waals surface area contributed by atoms with Gasteiger partial charge in [-0.3, -0.25) is 19.3 Å². The van der Waals surface area contributed by atoms with Crippen molar-refractivity contribution in [3.05, 3.63) is 57.5 Å². The van der Waals surface area contributed by atoms with Crippen LogP contribution in [0.15, 0.2) is 41.3 Å². The van der Waals surface area contributed by atoms with Crippen molar-refractivity contribution >= 4 is 52.2 Å². The lowest BCUT2D eigenvalue weighted by Gasteiger charge is -2.15. The van der Waals surface area contributed by atoms with Gasteiger partial charge in [0.2, 0.25) is 0 Å². The molecule has 1 heterocycles. The Hall–Kier alpha value is -3.01. The predicted octanol–water partition coefficient (Wildman–Crippen LogP) is 4.75. The predicted molar refractivity (Wildman–Crippen MR) is 132 cm³/mol. The molecule has 10 heteroatoms. The van der Waals surface area contributed by atoms with Crippen LogP contribution in [0.5, 0.6) is 11.5 Å². The number of methoxy groups -OCH3 is 1. The monoisotopic (exact) mass is 504 g/mol. The van der Waals surface area contributed by atoms with E-state index in [4.69, 9.17) is 25.8 Å². The first-order valence-electron chi connectivity index (χ1n) is 10.5. The lowest BCUT2D eigenvalue weighted by Crippen LogP contribution is -2.31. The molecule has 180 valence electrons. The van der Waals surface area contributed by atoms with Gasteiger partial charge in [-0.1, -0.05) is 29.3 Å². The molecule has 0 radical (unpaired) electrons. The second kappa shape index (κ2) is 11.9. The highest BCUT2D eigenvalue weighted by Gasteiger charge is 2.34. The molecule has 2 aromatic rings. The van der Waals surface area contributed by atoms with Gasteiger partial charge in [-0.25, -0.2) is 0 Å². The van der Waals surface area contributed by atoms with Crippen molar-refractivity contribution < 1.29 is 28.6 Å². The minimum Gasteiger partial charge on any atom is -0.490 e. The summed E-state index contributed by atoms with van der Waals surface area (Å²) in [5, 5.41) is 2.60. The summed E-state index contributed by atoms with van der Waals surface area (Å²) in [4.78, 5) is 38.4. The van der Waals surface area contributed by atoms with Crippen LogP contribution in [-0.4, -0.2) is 55.4 Å². The topological polar surface area (TPSA) is 94.2 Å². The van der Waals surface area contributed by atoms with Crippen LogP contribution in [-0.2, 0) is 14.3 Å². The van der Waals surface area contributed by atoms with E-state index in [1.54, 1.807) is 37.3 Å². The van der Waals surface area contributed by atoms with Crippen molar-refractivity contribution in [2.45, 2.75) is 13.8 Å². The van der Waals surface area contributed by atoms with Crippen LogP contribution in [0, 0.1) is 6.92 Å². The van der Waals surface area contributed by atoms with Crippen molar-refractivity contribution in [2.24, 2.45) is 0 Å². The Balaban J connectivity index is 1.74. The average molecular weight is 505 g/mol. The number of hydrogen-bond donors (Lipinski definition) is 1. The molecule has 1 saturated heterocycles. The molecular weight excluding hydrogens is 480 g/mol. The van der Waals surface area contributed by atoms with Crippen molar-refractivity contribution in [1.29, 1.82) is 0 Å². The average Bonchev–Trinajstić information content (AvgIpc) is 3.05. The highest BCUT2D eigenvalue weighted by Crippen LogP contribution is 2.39. The molecule has 1 fully saturated rings. The van der Waals surface area contributed by atoms with Gasteiger partial charge >= 0.3 is 0 Å². The van der Waals surface area contributed by atoms with Gasteiger partial charge in [-0.05, 0) is 61.5 Å². The second-order valence-corrected chi connectivity index (χ2v) is 8.69. The Kier molecular flexibility index (Phi) is 8.98. The van der Waals surface area contributed by atoms with Crippen LogP contribution >= 0.6 is 23.4 Å². The van der Waals surface area contributed by atoms with E-state index in [1.165, 1.54) is 7.11 Å². The molecule has 3 amide bonds. The fraction of sp³-hybridized carbons (Fsp3) is 0.292. The zero-order valence-electron chi connectivity index (χ0n) is 19.1. The summed E-state index contributed by atoms with van der Waals surface area (Å²) in [6, 6.07) is 10.6. The Morgan fingerprint density at radius 3 is 2.59 bits per heavy atom. The maximum Gasteiger partial charge on any atom is 0.293 e. The summed E-state index contributed by atoms with van der Waals surface area (Å²) in [6.07, 6.45) is 1.57. The number of thioether (sulfide) groups is 1. The molecule has 8 nitrogen and oxygen atoms in total. The number of carbonyl (C=O) groups is 3. The summed E-state index contributed by atoms with van der Waals surface area (Å²) in [7, 11) is 1.50. The van der Waals surface area contributed by atoms with Gasteiger partial charge in [0, 0.05) is 12.8 Å². The lowest BCUT2D eigenvalue weighted by atomic mass is 10.1. The third-order valence-electron chi connectivity index (χ3n) is 4.70. The lowest BCUT2D eigenvalue weighted by molar-refractivity contribution is -0.123. The number of aryl methyl sites for hydroxylation is 1. The number of halogens is 1. The molecule has 0 saturated carbocycles. The van der Waals surface area contributed by atoms with E-state index in [0.717, 1.165) is 22.2 Å². The minimum absolute atomic E-state index is 0.181. The van der Waals surface area contributed by atoms with Gasteiger partial charge < -0.3 is 19.5 Å². The first kappa shape index (κ1) is 25.6. The standard InChI is InChI=1S/C24H25ClN2O6S/c1-4-32-19-12-16(13-20-23(29)27(9-10-31-3)24(30)34-20)11-18(25)22(19)33-14-21(28)26-17-7-5-15(2)6-8-17/h5-8,11-13H,4,9-10,14H2,1-3H3,(H,26,28)/b20-13+. The molecule has 0 unspecified atom stereocenters. The van der Waals surface area contributed by atoms with Crippen molar-refractivity contribution in [3.8, 4) is 11.5 Å². The molecule has 1 aliphatic rings. The number of hydrogen-bond acceptors (Lipinski definition) is 7. The first-order valence-corrected chi connectivity index (χ1v) is 11.7. The maximum absolute atomic E-state index is 12.6. The maximum atomic E-state index is 12.6. The molecule has 0 aromatic heterocycles. The van der Waals surface area contributed by atoms with Crippen LogP contribution in [0.25, 0.3) is 6.08 Å². The smallest absolute Gasteiger partial charge is 0.293 e. The molecule has 0 spiro atoms. The Labute approximate surface area is 207 Å². The van der Waals surface area contributed by atoms with E-state index in [0.29, 0.717) is 23.6 Å². The van der Waals surface area contributed by atoms with E-state index in [1.807, 2.05) is 19.1 Å². The van der Waals surface area contributed by atoms with Gasteiger partial charge in [0.1, 0.15) is 0 Å². The fourth-order valence-corrected chi connectivity index (χ4v) is 4.21. The number of rotatable bonds is 10. The summed E-state index contributed by atoms with van der Waals surface area (Å²) < 4.78 is 16.3. The highest BCUT2D eigenvalue weighted by molar-refractivity contribution is 8.18. The van der Waals surface area contributed by atoms with Crippen LogP contribution in [0.1, 0.15) is 18.1 Å². The van der Waals surface area contributed by atoms with Crippen LogP contribution in [0.4, 0.5) is 10.5 Å². The number of amides is 3. The Bertz CT molecular complexity index is 1100. The molecular formula is C24H25ClN2O6S. The third kappa shape index (κ3) is 6.53. The number of anilines is 1. The van der Waals surface area contributed by atoms with Crippen LogP contribution < -0.4 is 14.8 Å². The highest BCUT2D eigenvalue weighted by atomic mass is 35.5. The SMILES string of the molecule is CCOc1cc(/C=C2/SC(=O)N(CCOC)C2=O)cc(Cl)c1OCC(=O)Nc1ccc(C)cc1. The normalized spacial score (nSPS) is 14.6. The quantitative estimate of drug-likeness (QED) is 0.467. The second-order valence-electron chi connectivity index (χ2n) is 7.29. The van der Waals surface area contributed by atoms with Crippen molar-refractivity contribution in [1.82, 2.24) is 4.90 Å². The fourth-order valence-electron chi connectivity index (χ4n) is 3.07. The Morgan fingerprint density at radius 2 is 1.91 bits per heavy atom. The molecule has 0 bridgehead atoms. The number of nitrogens with zero attached hydrogens (tertiary/aromatic N) is 1. The largest absolute Gasteiger partial charge is 0.490 e. The van der Waals surface area contributed by atoms with E-state index in [2.05, 4.69) is 5.32 Å². The van der Waals surface area contributed by atoms with Crippen LogP contribution in [0.3, 0.4) is 0 Å². The number of imide groups is 1. The van der Waals surface area contributed by atoms with Gasteiger partial charge in [-0.2, -0.15) is 0 Å². The summed E-state index contributed by atoms with van der Waals surface area (Å²) >= 11 is 7.27. The van der Waals surface area contributed by atoms with E-state index in [9.17, 15) is 14.4 Å². The number of nitrogens with one attached hydrogen (secondary N) is 1. The molecule has 2 aromatic carbocycles. The number of benzene rings is 2. The summed E-state index contributed by atoms with van der Waals surface area (Å²) in [5.41, 5.74) is 2.30. The molecule has 1 aliphatic heterocycles. The van der Waals surface area contributed by atoms with E-state index >= 15 is 0 Å². The summed E-state index contributed by atoms with van der Waals surface area (Å²) in [6.45, 7) is 4.26. The van der Waals surface area contributed by atoms with E-state index < -0.39 is 5.91 Å². The van der Waals surface area contributed by atoms with Gasteiger partial charge in [0.15, 0.2) is 18.1 Å². The molecule has 1 N–H and O–H groups in total. The number of carbonyl (C=O) groups excluding carboxylic acids is 3. The number of ether oxygens (including phenoxy) is 3. The molecule has 0 atom stereocenters. The zero-order chi connectivity index (χ0) is 24.7.